The molecular weight excluding hydrogens is 248 g/mol. The van der Waals surface area contributed by atoms with Gasteiger partial charge in [-0.1, -0.05) is 0 Å². The van der Waals surface area contributed by atoms with Crippen molar-refractivity contribution in [2.24, 2.45) is 0 Å². The average Bonchev–Trinajstić information content (AvgIpc) is 2.78. The van der Waals surface area contributed by atoms with Crippen molar-refractivity contribution in [3.8, 4) is 0 Å². The summed E-state index contributed by atoms with van der Waals surface area (Å²) in [5, 5.41) is 5.28. The largest absolute Gasteiger partial charge is 0.353 e. The van der Waals surface area contributed by atoms with Crippen molar-refractivity contribution in [3.63, 3.8) is 0 Å². The van der Waals surface area contributed by atoms with Crippen molar-refractivity contribution in [3.05, 3.63) is 28.4 Å². The summed E-state index contributed by atoms with van der Waals surface area (Å²) in [6.07, 6.45) is 2.37. The van der Waals surface area contributed by atoms with Gasteiger partial charge in [0.25, 0.3) is 5.56 Å². The zero-order valence-electron chi connectivity index (χ0n) is 10.7. The maximum absolute atomic E-state index is 11.7. The van der Waals surface area contributed by atoms with Gasteiger partial charge in [-0.25, -0.2) is 4.98 Å². The van der Waals surface area contributed by atoms with Gasteiger partial charge in [0.1, 0.15) is 6.04 Å². The summed E-state index contributed by atoms with van der Waals surface area (Å²) in [6.45, 7) is 2.44. The van der Waals surface area contributed by atoms with Crippen molar-refractivity contribution < 1.29 is 9.59 Å². The predicted molar refractivity (Wildman–Crippen MR) is 67.4 cm³/mol. The Balaban J connectivity index is 1.81. The number of rotatable bonds is 4. The van der Waals surface area contributed by atoms with E-state index < -0.39 is 6.04 Å². The number of carbonyl (C=O) groups excluding carboxylic acids is 2. The molecule has 2 N–H and O–H groups in total. The SMILES string of the molecule is Cc1cc(=O)n(CCNC(=O)C2CCC(=O)N2)cn1. The fraction of sp³-hybridized carbons (Fsp3) is 0.500. The zero-order valence-corrected chi connectivity index (χ0v) is 10.7. The van der Waals surface area contributed by atoms with Gasteiger partial charge in [-0.05, 0) is 13.3 Å². The van der Waals surface area contributed by atoms with Crippen molar-refractivity contribution in [2.45, 2.75) is 32.4 Å². The molecule has 1 saturated heterocycles. The lowest BCUT2D eigenvalue weighted by Crippen LogP contribution is -2.43. The molecule has 1 aromatic heterocycles. The first-order valence-corrected chi connectivity index (χ1v) is 6.16. The van der Waals surface area contributed by atoms with Crippen LogP contribution in [0.25, 0.3) is 0 Å². The topological polar surface area (TPSA) is 93.1 Å². The van der Waals surface area contributed by atoms with E-state index in [0.29, 0.717) is 31.6 Å². The molecule has 1 unspecified atom stereocenters. The van der Waals surface area contributed by atoms with E-state index in [0.717, 1.165) is 0 Å². The van der Waals surface area contributed by atoms with E-state index >= 15 is 0 Å². The lowest BCUT2D eigenvalue weighted by atomic mass is 10.2. The van der Waals surface area contributed by atoms with Gasteiger partial charge in [-0.3, -0.25) is 19.0 Å². The van der Waals surface area contributed by atoms with Crippen molar-refractivity contribution in [1.82, 2.24) is 20.2 Å². The van der Waals surface area contributed by atoms with Crippen LogP contribution in [0, 0.1) is 6.92 Å². The molecule has 1 atom stereocenters. The number of carbonyl (C=O) groups is 2. The summed E-state index contributed by atoms with van der Waals surface area (Å²) < 4.78 is 1.43. The van der Waals surface area contributed by atoms with Gasteiger partial charge in [-0.2, -0.15) is 0 Å². The van der Waals surface area contributed by atoms with Gasteiger partial charge in [0.15, 0.2) is 0 Å². The Morgan fingerprint density at radius 3 is 3.00 bits per heavy atom. The molecule has 7 nitrogen and oxygen atoms in total. The van der Waals surface area contributed by atoms with Crippen molar-refractivity contribution >= 4 is 11.8 Å². The number of hydrogen-bond donors (Lipinski definition) is 2. The second-order valence-electron chi connectivity index (χ2n) is 4.51. The summed E-state index contributed by atoms with van der Waals surface area (Å²) in [4.78, 5) is 38.3. The quantitative estimate of drug-likeness (QED) is 0.725. The highest BCUT2D eigenvalue weighted by atomic mass is 16.2. The Morgan fingerprint density at radius 1 is 1.58 bits per heavy atom. The minimum atomic E-state index is -0.444. The third-order valence-electron chi connectivity index (χ3n) is 2.98. The van der Waals surface area contributed by atoms with Crippen LogP contribution in [0.3, 0.4) is 0 Å². The molecule has 1 fully saturated rings. The minimum Gasteiger partial charge on any atom is -0.353 e. The third-order valence-corrected chi connectivity index (χ3v) is 2.98. The Morgan fingerprint density at radius 2 is 2.37 bits per heavy atom. The molecule has 2 rings (SSSR count). The van der Waals surface area contributed by atoms with E-state index in [1.54, 1.807) is 6.92 Å². The number of amides is 2. The molecule has 102 valence electrons. The molecule has 0 bridgehead atoms. The number of nitrogens with zero attached hydrogens (tertiary/aromatic N) is 2. The smallest absolute Gasteiger partial charge is 0.253 e. The first-order valence-electron chi connectivity index (χ1n) is 6.16. The monoisotopic (exact) mass is 264 g/mol. The third kappa shape index (κ3) is 3.40. The van der Waals surface area contributed by atoms with E-state index in [4.69, 9.17) is 0 Å². The molecule has 7 heteroatoms. The van der Waals surface area contributed by atoms with Gasteiger partial charge in [0, 0.05) is 31.3 Å². The lowest BCUT2D eigenvalue weighted by molar-refractivity contribution is -0.125. The summed E-state index contributed by atoms with van der Waals surface area (Å²) in [6, 6.07) is 0.999. The van der Waals surface area contributed by atoms with Crippen LogP contribution in [0.15, 0.2) is 17.2 Å². The molecular formula is C12H16N4O3. The first-order chi connectivity index (χ1) is 9.06. The Kier molecular flexibility index (Phi) is 3.94. The van der Waals surface area contributed by atoms with Crippen molar-refractivity contribution in [2.75, 3.05) is 6.54 Å². The lowest BCUT2D eigenvalue weighted by Gasteiger charge is -2.11. The van der Waals surface area contributed by atoms with Gasteiger partial charge in [0.2, 0.25) is 11.8 Å². The van der Waals surface area contributed by atoms with Gasteiger partial charge < -0.3 is 10.6 Å². The highest BCUT2D eigenvalue weighted by molar-refractivity contribution is 5.90. The predicted octanol–water partition coefficient (Wildman–Crippen LogP) is -1.05. The highest BCUT2D eigenvalue weighted by Crippen LogP contribution is 2.05. The first kappa shape index (κ1) is 13.3. The number of aryl methyl sites for hydroxylation is 1. The maximum Gasteiger partial charge on any atom is 0.253 e. The zero-order chi connectivity index (χ0) is 13.8. The molecule has 0 aromatic carbocycles. The molecule has 0 saturated carbocycles. The van der Waals surface area contributed by atoms with Crippen LogP contribution >= 0.6 is 0 Å². The van der Waals surface area contributed by atoms with Crippen LogP contribution in [0.1, 0.15) is 18.5 Å². The van der Waals surface area contributed by atoms with Crippen LogP contribution in [-0.2, 0) is 16.1 Å². The van der Waals surface area contributed by atoms with E-state index in [1.807, 2.05) is 0 Å². The van der Waals surface area contributed by atoms with Gasteiger partial charge >= 0.3 is 0 Å². The minimum absolute atomic E-state index is 0.0981. The summed E-state index contributed by atoms with van der Waals surface area (Å²) in [7, 11) is 0. The van der Waals surface area contributed by atoms with E-state index in [-0.39, 0.29) is 17.4 Å². The molecule has 0 spiro atoms. The number of hydrogen-bond acceptors (Lipinski definition) is 4. The Labute approximate surface area is 110 Å². The normalized spacial score (nSPS) is 18.2. The number of nitrogens with one attached hydrogen (secondary N) is 2. The fourth-order valence-corrected chi connectivity index (χ4v) is 1.92. The molecule has 19 heavy (non-hydrogen) atoms. The maximum atomic E-state index is 11.7. The molecule has 0 aliphatic carbocycles. The summed E-state index contributed by atoms with van der Waals surface area (Å²) in [5.41, 5.74) is 0.523. The van der Waals surface area contributed by atoms with Crippen LogP contribution in [-0.4, -0.2) is 34.0 Å². The van der Waals surface area contributed by atoms with Crippen LogP contribution in [0.2, 0.25) is 0 Å². The molecule has 2 heterocycles. The van der Waals surface area contributed by atoms with Crippen LogP contribution < -0.4 is 16.2 Å². The van der Waals surface area contributed by atoms with Gasteiger partial charge in [0.05, 0.1) is 6.33 Å². The van der Waals surface area contributed by atoms with E-state index in [2.05, 4.69) is 15.6 Å². The molecule has 1 aliphatic heterocycles. The van der Waals surface area contributed by atoms with Gasteiger partial charge in [-0.15, -0.1) is 0 Å². The second-order valence-corrected chi connectivity index (χ2v) is 4.51. The Hall–Kier alpha value is -2.18. The average molecular weight is 264 g/mol. The summed E-state index contributed by atoms with van der Waals surface area (Å²) >= 11 is 0. The second kappa shape index (κ2) is 5.64. The van der Waals surface area contributed by atoms with Crippen LogP contribution in [0.5, 0.6) is 0 Å². The standard InChI is InChI=1S/C12H16N4O3/c1-8-6-11(18)16(7-14-8)5-4-13-12(19)9-2-3-10(17)15-9/h6-7,9H,2-5H2,1H3,(H,13,19)(H,15,17). The molecule has 0 radical (unpaired) electrons. The Bertz CT molecular complexity index is 552. The molecule has 1 aromatic rings. The van der Waals surface area contributed by atoms with E-state index in [1.165, 1.54) is 17.0 Å². The molecule has 2 amide bonds. The summed E-state index contributed by atoms with van der Waals surface area (Å²) in [5.74, 6) is -0.307. The fourth-order valence-electron chi connectivity index (χ4n) is 1.92. The highest BCUT2D eigenvalue weighted by Gasteiger charge is 2.26. The molecule has 1 aliphatic rings. The van der Waals surface area contributed by atoms with Crippen molar-refractivity contribution in [1.29, 1.82) is 0 Å². The van der Waals surface area contributed by atoms with E-state index in [9.17, 15) is 14.4 Å². The van der Waals surface area contributed by atoms with Crippen LogP contribution in [0.4, 0.5) is 0 Å². The number of aromatic nitrogens is 2.